The number of fused-ring (bicyclic) bond motifs is 8. The molecule has 60 heavy (non-hydrogen) atoms. The van der Waals surface area contributed by atoms with Gasteiger partial charge in [0, 0.05) is 38.5 Å². The van der Waals surface area contributed by atoms with E-state index in [1.807, 2.05) is 42.5 Å². The van der Waals surface area contributed by atoms with Gasteiger partial charge in [-0.2, -0.15) is 0 Å². The van der Waals surface area contributed by atoms with Gasteiger partial charge in [-0.15, -0.1) is 0 Å². The van der Waals surface area contributed by atoms with Crippen molar-refractivity contribution in [2.75, 3.05) is 4.90 Å². The lowest BCUT2D eigenvalue weighted by molar-refractivity contribution is 0.669. The van der Waals surface area contributed by atoms with Crippen LogP contribution in [-0.4, -0.2) is 15.0 Å². The van der Waals surface area contributed by atoms with Crippen molar-refractivity contribution >= 4 is 82.1 Å². The van der Waals surface area contributed by atoms with Gasteiger partial charge in [0.1, 0.15) is 5.58 Å². The van der Waals surface area contributed by atoms with Crippen LogP contribution in [-0.2, 0) is 0 Å². The molecule has 12 aromatic rings. The Morgan fingerprint density at radius 2 is 0.950 bits per heavy atom. The lowest BCUT2D eigenvalue weighted by atomic mass is 9.98. The third-order valence-corrected chi connectivity index (χ3v) is 11.6. The van der Waals surface area contributed by atoms with Gasteiger partial charge >= 0.3 is 0 Å². The molecule has 12 rings (SSSR count). The van der Waals surface area contributed by atoms with Crippen molar-refractivity contribution in [3.05, 3.63) is 206 Å². The van der Waals surface area contributed by atoms with Crippen LogP contribution in [0.3, 0.4) is 0 Å². The molecule has 0 bridgehead atoms. The molecule has 0 unspecified atom stereocenters. The van der Waals surface area contributed by atoms with Crippen LogP contribution in [0.5, 0.6) is 0 Å². The molecule has 2 aromatic heterocycles. The SMILES string of the molecule is c1ccc(-c2nc(-c3ccc4ccccc4c3)nc(-c3cccc4oc5c(N(c6ccc7ccccc7c6)c6cc7ccccc7c7ccccc67)cccc5c34)n2)cc1. The molecule has 5 heteroatoms. The smallest absolute Gasteiger partial charge is 0.164 e. The number of hydrogen-bond acceptors (Lipinski definition) is 5. The molecule has 0 spiro atoms. The first-order valence-corrected chi connectivity index (χ1v) is 20.2. The molecule has 0 saturated carbocycles. The van der Waals surface area contributed by atoms with E-state index in [0.29, 0.717) is 17.5 Å². The molecular formula is C55H34N4O. The fraction of sp³-hybridized carbons (Fsp3) is 0. The van der Waals surface area contributed by atoms with E-state index in [1.165, 1.54) is 26.9 Å². The molecule has 0 aliphatic carbocycles. The molecule has 0 radical (unpaired) electrons. The number of furan rings is 1. The Morgan fingerprint density at radius 3 is 1.75 bits per heavy atom. The Bertz CT molecular complexity index is 3630. The molecule has 0 atom stereocenters. The first-order valence-electron chi connectivity index (χ1n) is 20.2. The monoisotopic (exact) mass is 766 g/mol. The Kier molecular flexibility index (Phi) is 7.78. The van der Waals surface area contributed by atoms with Crippen molar-refractivity contribution in [2.24, 2.45) is 0 Å². The van der Waals surface area contributed by atoms with Gasteiger partial charge in [0.15, 0.2) is 23.1 Å². The molecule has 10 aromatic carbocycles. The van der Waals surface area contributed by atoms with Gasteiger partial charge in [0.05, 0.1) is 11.4 Å². The van der Waals surface area contributed by atoms with Crippen LogP contribution in [0, 0.1) is 0 Å². The molecule has 0 aliphatic heterocycles. The van der Waals surface area contributed by atoms with Gasteiger partial charge in [0.2, 0.25) is 0 Å². The second-order valence-corrected chi connectivity index (χ2v) is 15.2. The molecule has 280 valence electrons. The molecule has 0 fully saturated rings. The Hall–Kier alpha value is -8.15. The summed E-state index contributed by atoms with van der Waals surface area (Å²) in [5, 5.41) is 11.3. The minimum absolute atomic E-state index is 0.581. The molecule has 0 aliphatic rings. The zero-order valence-corrected chi connectivity index (χ0v) is 32.3. The number of para-hydroxylation sites is 1. The van der Waals surface area contributed by atoms with Crippen LogP contribution in [0.15, 0.2) is 211 Å². The number of anilines is 3. The average molecular weight is 767 g/mol. The van der Waals surface area contributed by atoms with E-state index >= 15 is 0 Å². The summed E-state index contributed by atoms with van der Waals surface area (Å²) in [6.07, 6.45) is 0. The normalized spacial score (nSPS) is 11.7. The topological polar surface area (TPSA) is 55.1 Å². The predicted molar refractivity (Wildman–Crippen MR) is 248 cm³/mol. The standard InChI is InChI=1S/C55H34N4O/c1-2-16-37(17-3-1)53-56-54(41-29-28-35-14-4-6-18-38(35)32-41)58-55(57-53)47-25-13-27-50-51(47)46-24-12-26-48(52(46)60-50)59(42-31-30-36-15-5-7-19-39(36)33-42)49-34-40-20-8-9-21-43(40)44-22-10-11-23-45(44)49/h1-34H. The van der Waals surface area contributed by atoms with E-state index in [9.17, 15) is 0 Å². The van der Waals surface area contributed by atoms with Gasteiger partial charge < -0.3 is 9.32 Å². The van der Waals surface area contributed by atoms with E-state index in [1.54, 1.807) is 0 Å². The second-order valence-electron chi connectivity index (χ2n) is 15.2. The number of aromatic nitrogens is 3. The molecular weight excluding hydrogens is 733 g/mol. The van der Waals surface area contributed by atoms with Crippen LogP contribution in [0.25, 0.3) is 99.2 Å². The Labute approximate surface area is 345 Å². The summed E-state index contributed by atoms with van der Waals surface area (Å²) in [5.74, 6) is 1.80. The minimum atomic E-state index is 0.581. The van der Waals surface area contributed by atoms with Crippen LogP contribution < -0.4 is 4.90 Å². The summed E-state index contributed by atoms with van der Waals surface area (Å²) in [6.45, 7) is 0. The summed E-state index contributed by atoms with van der Waals surface area (Å²) >= 11 is 0. The van der Waals surface area contributed by atoms with Crippen molar-refractivity contribution in [1.82, 2.24) is 15.0 Å². The zero-order chi connectivity index (χ0) is 39.6. The highest BCUT2D eigenvalue weighted by Gasteiger charge is 2.24. The fourth-order valence-electron chi connectivity index (χ4n) is 8.81. The van der Waals surface area contributed by atoms with E-state index in [2.05, 4.69) is 169 Å². The zero-order valence-electron chi connectivity index (χ0n) is 32.3. The Balaban J connectivity index is 1.11. The van der Waals surface area contributed by atoms with Crippen molar-refractivity contribution < 1.29 is 4.42 Å². The molecule has 2 heterocycles. The largest absolute Gasteiger partial charge is 0.454 e. The van der Waals surface area contributed by atoms with E-state index in [-0.39, 0.29) is 0 Å². The van der Waals surface area contributed by atoms with Crippen molar-refractivity contribution in [3.63, 3.8) is 0 Å². The summed E-state index contributed by atoms with van der Waals surface area (Å²) in [6, 6.07) is 72.3. The lowest BCUT2D eigenvalue weighted by Gasteiger charge is -2.28. The molecule has 0 saturated heterocycles. The molecule has 0 N–H and O–H groups in total. The van der Waals surface area contributed by atoms with E-state index in [0.717, 1.165) is 71.8 Å². The second kappa shape index (κ2) is 13.8. The fourth-order valence-corrected chi connectivity index (χ4v) is 8.81. The maximum absolute atomic E-state index is 7.02. The van der Waals surface area contributed by atoms with Crippen LogP contribution in [0.4, 0.5) is 17.1 Å². The first kappa shape index (κ1) is 33.9. The van der Waals surface area contributed by atoms with Crippen molar-refractivity contribution in [2.45, 2.75) is 0 Å². The molecule has 5 nitrogen and oxygen atoms in total. The van der Waals surface area contributed by atoms with Gasteiger partial charge in [0.25, 0.3) is 0 Å². The van der Waals surface area contributed by atoms with Crippen LogP contribution in [0.1, 0.15) is 0 Å². The number of rotatable bonds is 6. The third-order valence-electron chi connectivity index (χ3n) is 11.6. The van der Waals surface area contributed by atoms with Crippen molar-refractivity contribution in [1.29, 1.82) is 0 Å². The first-order chi connectivity index (χ1) is 29.7. The van der Waals surface area contributed by atoms with Gasteiger partial charge in [-0.05, 0) is 74.1 Å². The minimum Gasteiger partial charge on any atom is -0.454 e. The number of hydrogen-bond donors (Lipinski definition) is 0. The summed E-state index contributed by atoms with van der Waals surface area (Å²) < 4.78 is 7.02. The summed E-state index contributed by atoms with van der Waals surface area (Å²) in [7, 11) is 0. The van der Waals surface area contributed by atoms with Crippen LogP contribution in [0.2, 0.25) is 0 Å². The lowest BCUT2D eigenvalue weighted by Crippen LogP contribution is -2.11. The van der Waals surface area contributed by atoms with Gasteiger partial charge in [-0.25, -0.2) is 15.0 Å². The van der Waals surface area contributed by atoms with E-state index < -0.39 is 0 Å². The summed E-state index contributed by atoms with van der Waals surface area (Å²) in [4.78, 5) is 17.8. The highest BCUT2D eigenvalue weighted by atomic mass is 16.3. The van der Waals surface area contributed by atoms with E-state index in [4.69, 9.17) is 19.4 Å². The predicted octanol–water partition coefficient (Wildman–Crippen LogP) is 14.9. The highest BCUT2D eigenvalue weighted by molar-refractivity contribution is 6.18. The number of nitrogens with zero attached hydrogens (tertiary/aromatic N) is 4. The summed E-state index contributed by atoms with van der Waals surface area (Å²) in [5.41, 5.74) is 7.28. The van der Waals surface area contributed by atoms with Crippen molar-refractivity contribution in [3.8, 4) is 34.2 Å². The maximum Gasteiger partial charge on any atom is 0.164 e. The van der Waals surface area contributed by atoms with Gasteiger partial charge in [-0.3, -0.25) is 0 Å². The third kappa shape index (κ3) is 5.59. The van der Waals surface area contributed by atoms with Crippen LogP contribution >= 0.6 is 0 Å². The van der Waals surface area contributed by atoms with Gasteiger partial charge in [-0.1, -0.05) is 170 Å². The highest BCUT2D eigenvalue weighted by Crippen LogP contribution is 2.47. The quantitative estimate of drug-likeness (QED) is 0.158. The average Bonchev–Trinajstić information content (AvgIpc) is 3.71. The maximum atomic E-state index is 7.02. The number of benzene rings is 10. The molecule has 0 amide bonds. The Morgan fingerprint density at radius 1 is 0.350 bits per heavy atom.